The molecule has 1 fully saturated rings. The van der Waals surface area contributed by atoms with Gasteiger partial charge in [0.05, 0.1) is 12.0 Å². The summed E-state index contributed by atoms with van der Waals surface area (Å²) in [6.07, 6.45) is 2.09. The molecule has 3 nitrogen and oxygen atoms in total. The lowest BCUT2D eigenvalue weighted by atomic mass is 9.97. The molecule has 0 spiro atoms. The summed E-state index contributed by atoms with van der Waals surface area (Å²) in [7, 11) is 0. The van der Waals surface area contributed by atoms with Crippen molar-refractivity contribution in [1.29, 1.82) is 0 Å². The van der Waals surface area contributed by atoms with E-state index in [-0.39, 0.29) is 18.0 Å². The third kappa shape index (κ3) is 3.82. The van der Waals surface area contributed by atoms with E-state index in [2.05, 4.69) is 18.7 Å². The normalized spacial score (nSPS) is 23.5. The predicted molar refractivity (Wildman–Crippen MR) is 60.7 cm³/mol. The van der Waals surface area contributed by atoms with E-state index in [9.17, 15) is 4.79 Å². The molecule has 0 aromatic rings. The molecule has 1 aliphatic rings. The van der Waals surface area contributed by atoms with E-state index < -0.39 is 0 Å². The van der Waals surface area contributed by atoms with Crippen molar-refractivity contribution < 1.29 is 9.53 Å². The van der Waals surface area contributed by atoms with Gasteiger partial charge in [-0.05, 0) is 47.1 Å². The molecule has 0 aliphatic carbocycles. The fourth-order valence-corrected chi connectivity index (χ4v) is 2.00. The SMILES string of the molecule is CC(C)OC(=O)[C@@H]1CCCN(C(C)C)C1. The molecule has 0 saturated carbocycles. The molecule has 0 amide bonds. The summed E-state index contributed by atoms with van der Waals surface area (Å²) in [6.45, 7) is 10.1. The molecular weight excluding hydrogens is 190 g/mol. The summed E-state index contributed by atoms with van der Waals surface area (Å²) >= 11 is 0. The molecule has 1 heterocycles. The summed E-state index contributed by atoms with van der Waals surface area (Å²) in [5.74, 6) is 0.0684. The van der Waals surface area contributed by atoms with Crippen LogP contribution < -0.4 is 0 Å². The van der Waals surface area contributed by atoms with Crippen LogP contribution >= 0.6 is 0 Å². The highest BCUT2D eigenvalue weighted by atomic mass is 16.5. The molecule has 15 heavy (non-hydrogen) atoms. The highest BCUT2D eigenvalue weighted by molar-refractivity contribution is 5.73. The number of rotatable bonds is 3. The zero-order valence-electron chi connectivity index (χ0n) is 10.3. The number of hydrogen-bond donors (Lipinski definition) is 0. The van der Waals surface area contributed by atoms with Gasteiger partial charge in [-0.25, -0.2) is 0 Å². The second-order valence-electron chi connectivity index (χ2n) is 4.91. The van der Waals surface area contributed by atoms with Gasteiger partial charge in [0.2, 0.25) is 0 Å². The van der Waals surface area contributed by atoms with E-state index in [4.69, 9.17) is 4.74 Å². The Bertz CT molecular complexity index is 214. The number of likely N-dealkylation sites (tertiary alicyclic amines) is 1. The number of carbonyl (C=O) groups excluding carboxylic acids is 1. The van der Waals surface area contributed by atoms with Gasteiger partial charge in [-0.1, -0.05) is 0 Å². The van der Waals surface area contributed by atoms with Crippen LogP contribution in [-0.2, 0) is 9.53 Å². The van der Waals surface area contributed by atoms with Crippen LogP contribution in [0.1, 0.15) is 40.5 Å². The van der Waals surface area contributed by atoms with Gasteiger partial charge in [0.25, 0.3) is 0 Å². The number of nitrogens with zero attached hydrogens (tertiary/aromatic N) is 1. The van der Waals surface area contributed by atoms with Crippen molar-refractivity contribution in [2.75, 3.05) is 13.1 Å². The fourth-order valence-electron chi connectivity index (χ4n) is 2.00. The van der Waals surface area contributed by atoms with E-state index in [1.807, 2.05) is 13.8 Å². The van der Waals surface area contributed by atoms with Crippen LogP contribution in [0.2, 0.25) is 0 Å². The quantitative estimate of drug-likeness (QED) is 0.672. The Morgan fingerprint density at radius 2 is 2.00 bits per heavy atom. The van der Waals surface area contributed by atoms with Crippen molar-refractivity contribution in [1.82, 2.24) is 4.90 Å². The highest BCUT2D eigenvalue weighted by Gasteiger charge is 2.28. The van der Waals surface area contributed by atoms with E-state index in [0.29, 0.717) is 6.04 Å². The number of carbonyl (C=O) groups is 1. The Balaban J connectivity index is 2.45. The molecule has 0 radical (unpaired) electrons. The van der Waals surface area contributed by atoms with Crippen molar-refractivity contribution in [2.45, 2.75) is 52.7 Å². The Morgan fingerprint density at radius 1 is 1.33 bits per heavy atom. The number of ether oxygens (including phenoxy) is 1. The number of piperidine rings is 1. The van der Waals surface area contributed by atoms with Crippen molar-refractivity contribution in [3.05, 3.63) is 0 Å². The van der Waals surface area contributed by atoms with Crippen LogP contribution in [0.5, 0.6) is 0 Å². The Kier molecular flexibility index (Phi) is 4.58. The third-order valence-electron chi connectivity index (χ3n) is 2.87. The first-order valence-corrected chi connectivity index (χ1v) is 5.95. The Morgan fingerprint density at radius 3 is 2.53 bits per heavy atom. The minimum absolute atomic E-state index is 0.00641. The fraction of sp³-hybridized carbons (Fsp3) is 0.917. The van der Waals surface area contributed by atoms with Gasteiger partial charge in [-0.2, -0.15) is 0 Å². The average molecular weight is 213 g/mol. The molecule has 0 aromatic carbocycles. The van der Waals surface area contributed by atoms with E-state index in [1.54, 1.807) is 0 Å². The van der Waals surface area contributed by atoms with Crippen LogP contribution in [0.25, 0.3) is 0 Å². The standard InChI is InChI=1S/C12H23NO2/c1-9(2)13-7-5-6-11(8-13)12(14)15-10(3)4/h9-11H,5-8H2,1-4H3/t11-/m1/s1. The van der Waals surface area contributed by atoms with Gasteiger partial charge in [0, 0.05) is 12.6 Å². The lowest BCUT2D eigenvalue weighted by Gasteiger charge is -2.34. The Labute approximate surface area is 92.8 Å². The van der Waals surface area contributed by atoms with Crippen molar-refractivity contribution in [3.8, 4) is 0 Å². The molecule has 0 aromatic heterocycles. The van der Waals surface area contributed by atoms with Gasteiger partial charge in [0.15, 0.2) is 0 Å². The van der Waals surface area contributed by atoms with Crippen LogP contribution in [0.4, 0.5) is 0 Å². The first kappa shape index (κ1) is 12.5. The maximum atomic E-state index is 11.7. The average Bonchev–Trinajstić information content (AvgIpc) is 2.17. The molecule has 1 saturated heterocycles. The molecule has 0 N–H and O–H groups in total. The van der Waals surface area contributed by atoms with Crippen LogP contribution in [0.3, 0.4) is 0 Å². The summed E-state index contributed by atoms with van der Waals surface area (Å²) in [4.78, 5) is 14.1. The minimum atomic E-state index is -0.0182. The monoisotopic (exact) mass is 213 g/mol. The van der Waals surface area contributed by atoms with Crippen LogP contribution in [0, 0.1) is 5.92 Å². The molecule has 0 unspecified atom stereocenters. The first-order chi connectivity index (χ1) is 7.00. The molecule has 3 heteroatoms. The van der Waals surface area contributed by atoms with Gasteiger partial charge >= 0.3 is 5.97 Å². The largest absolute Gasteiger partial charge is 0.463 e. The summed E-state index contributed by atoms with van der Waals surface area (Å²) in [5.41, 5.74) is 0. The highest BCUT2D eigenvalue weighted by Crippen LogP contribution is 2.20. The van der Waals surface area contributed by atoms with E-state index >= 15 is 0 Å². The van der Waals surface area contributed by atoms with E-state index in [0.717, 1.165) is 25.9 Å². The third-order valence-corrected chi connectivity index (χ3v) is 2.87. The summed E-state index contributed by atoms with van der Waals surface area (Å²) in [5, 5.41) is 0. The van der Waals surface area contributed by atoms with Gasteiger partial charge < -0.3 is 9.64 Å². The molecule has 1 atom stereocenters. The molecule has 88 valence electrons. The van der Waals surface area contributed by atoms with Crippen molar-refractivity contribution in [2.24, 2.45) is 5.92 Å². The van der Waals surface area contributed by atoms with Crippen LogP contribution in [0.15, 0.2) is 0 Å². The minimum Gasteiger partial charge on any atom is -0.463 e. The predicted octanol–water partition coefficient (Wildman–Crippen LogP) is 2.06. The second-order valence-corrected chi connectivity index (χ2v) is 4.91. The van der Waals surface area contributed by atoms with Crippen LogP contribution in [-0.4, -0.2) is 36.1 Å². The zero-order chi connectivity index (χ0) is 11.4. The lowest BCUT2D eigenvalue weighted by molar-refractivity contribution is -0.154. The first-order valence-electron chi connectivity index (χ1n) is 5.95. The molecule has 0 bridgehead atoms. The Hall–Kier alpha value is -0.570. The maximum absolute atomic E-state index is 11.7. The van der Waals surface area contributed by atoms with Gasteiger partial charge in [-0.3, -0.25) is 4.79 Å². The summed E-state index contributed by atoms with van der Waals surface area (Å²) < 4.78 is 5.25. The second kappa shape index (κ2) is 5.50. The summed E-state index contributed by atoms with van der Waals surface area (Å²) in [6, 6.07) is 0.527. The zero-order valence-corrected chi connectivity index (χ0v) is 10.3. The molecule has 1 aliphatic heterocycles. The van der Waals surface area contributed by atoms with Crippen molar-refractivity contribution >= 4 is 5.97 Å². The topological polar surface area (TPSA) is 29.5 Å². The molecule has 1 rings (SSSR count). The maximum Gasteiger partial charge on any atom is 0.310 e. The van der Waals surface area contributed by atoms with Crippen molar-refractivity contribution in [3.63, 3.8) is 0 Å². The smallest absolute Gasteiger partial charge is 0.310 e. The van der Waals surface area contributed by atoms with Gasteiger partial charge in [-0.15, -0.1) is 0 Å². The lowest BCUT2D eigenvalue weighted by Crippen LogP contribution is -2.43. The van der Waals surface area contributed by atoms with E-state index in [1.165, 1.54) is 0 Å². The number of esters is 1. The number of hydrogen-bond acceptors (Lipinski definition) is 3. The molecular formula is C12H23NO2. The van der Waals surface area contributed by atoms with Gasteiger partial charge in [0.1, 0.15) is 0 Å².